The van der Waals surface area contributed by atoms with E-state index in [4.69, 9.17) is 9.47 Å². The summed E-state index contributed by atoms with van der Waals surface area (Å²) >= 11 is 0. The summed E-state index contributed by atoms with van der Waals surface area (Å²) in [6.07, 6.45) is 4.12. The van der Waals surface area contributed by atoms with Gasteiger partial charge in [-0.2, -0.15) is 0 Å². The minimum atomic E-state index is -3.06. The van der Waals surface area contributed by atoms with Crippen LogP contribution in [0.5, 0.6) is 11.5 Å². The van der Waals surface area contributed by atoms with Crippen LogP contribution >= 0.6 is 12.4 Å². The quantitative estimate of drug-likeness (QED) is 0.597. The maximum absolute atomic E-state index is 11.7. The number of halogens is 1. The Morgan fingerprint density at radius 1 is 1.18 bits per heavy atom. The molecule has 1 heterocycles. The Morgan fingerprint density at radius 3 is 2.29 bits per heavy atom. The summed E-state index contributed by atoms with van der Waals surface area (Å²) in [5, 5.41) is 0. The van der Waals surface area contributed by atoms with Gasteiger partial charge in [0.1, 0.15) is 0 Å². The second-order valence-corrected chi connectivity index (χ2v) is 9.42. The molecule has 0 bridgehead atoms. The SMILES string of the molecule is CCN(CC1CCN(S(C)(=O)=O)CC1)C(C)Cc1ccc(OC)c(OC)c1.Cl. The number of likely N-dealkylation sites (N-methyl/N-ethyl adjacent to an activating group) is 1. The lowest BCUT2D eigenvalue weighted by Crippen LogP contribution is -2.43. The first kappa shape index (κ1) is 25.0. The minimum Gasteiger partial charge on any atom is -0.493 e. The molecule has 1 aromatic carbocycles. The molecule has 162 valence electrons. The number of ether oxygens (including phenoxy) is 2. The Hall–Kier alpha value is -1.02. The summed E-state index contributed by atoms with van der Waals surface area (Å²) in [7, 11) is 0.251. The van der Waals surface area contributed by atoms with Gasteiger partial charge in [-0.15, -0.1) is 12.4 Å². The van der Waals surface area contributed by atoms with Crippen molar-refractivity contribution in [2.75, 3.05) is 46.7 Å². The first-order chi connectivity index (χ1) is 12.8. The highest BCUT2D eigenvalue weighted by molar-refractivity contribution is 7.88. The number of hydrogen-bond acceptors (Lipinski definition) is 5. The molecule has 1 fully saturated rings. The summed E-state index contributed by atoms with van der Waals surface area (Å²) in [5.74, 6) is 2.06. The lowest BCUT2D eigenvalue weighted by molar-refractivity contribution is 0.152. The third-order valence-corrected chi connectivity index (χ3v) is 6.85. The van der Waals surface area contributed by atoms with Crippen LogP contribution in [0.15, 0.2) is 18.2 Å². The van der Waals surface area contributed by atoms with Crippen molar-refractivity contribution in [3.05, 3.63) is 23.8 Å². The van der Waals surface area contributed by atoms with Crippen molar-refractivity contribution in [2.24, 2.45) is 5.92 Å². The maximum Gasteiger partial charge on any atom is 0.211 e. The average molecular weight is 435 g/mol. The summed E-state index contributed by atoms with van der Waals surface area (Å²) in [5.41, 5.74) is 1.23. The van der Waals surface area contributed by atoms with Gasteiger partial charge in [-0.1, -0.05) is 13.0 Å². The molecule has 0 aliphatic carbocycles. The second-order valence-electron chi connectivity index (χ2n) is 7.44. The Labute approximate surface area is 176 Å². The van der Waals surface area contributed by atoms with E-state index >= 15 is 0 Å². The van der Waals surface area contributed by atoms with Crippen molar-refractivity contribution in [3.8, 4) is 11.5 Å². The number of methoxy groups -OCH3 is 2. The number of nitrogens with zero attached hydrogens (tertiary/aromatic N) is 2. The third-order valence-electron chi connectivity index (χ3n) is 5.54. The predicted octanol–water partition coefficient (Wildman–Crippen LogP) is 3.05. The number of sulfonamides is 1. The number of benzene rings is 1. The van der Waals surface area contributed by atoms with E-state index in [0.29, 0.717) is 25.0 Å². The van der Waals surface area contributed by atoms with Gasteiger partial charge < -0.3 is 14.4 Å². The normalized spacial score (nSPS) is 17.2. The molecule has 1 aliphatic heterocycles. The van der Waals surface area contributed by atoms with Crippen molar-refractivity contribution in [1.82, 2.24) is 9.21 Å². The van der Waals surface area contributed by atoms with Crippen LogP contribution in [0.3, 0.4) is 0 Å². The van der Waals surface area contributed by atoms with Gasteiger partial charge in [0.05, 0.1) is 20.5 Å². The third kappa shape index (κ3) is 6.79. The molecule has 1 aliphatic rings. The molecule has 0 saturated carbocycles. The molecule has 1 aromatic rings. The molecule has 8 heteroatoms. The molecule has 1 saturated heterocycles. The summed E-state index contributed by atoms with van der Waals surface area (Å²) in [6.45, 7) is 7.74. The highest BCUT2D eigenvalue weighted by Crippen LogP contribution is 2.28. The number of piperidine rings is 1. The zero-order valence-corrected chi connectivity index (χ0v) is 19.3. The lowest BCUT2D eigenvalue weighted by atomic mass is 9.96. The average Bonchev–Trinajstić information content (AvgIpc) is 2.65. The summed E-state index contributed by atoms with van der Waals surface area (Å²) < 4.78 is 35.7. The van der Waals surface area contributed by atoms with Crippen molar-refractivity contribution >= 4 is 22.4 Å². The molecule has 0 amide bonds. The van der Waals surface area contributed by atoms with Crippen molar-refractivity contribution < 1.29 is 17.9 Å². The highest BCUT2D eigenvalue weighted by Gasteiger charge is 2.27. The maximum atomic E-state index is 11.7. The molecule has 6 nitrogen and oxygen atoms in total. The van der Waals surface area contributed by atoms with Crippen molar-refractivity contribution in [3.63, 3.8) is 0 Å². The van der Waals surface area contributed by atoms with Gasteiger partial charge in [0.25, 0.3) is 0 Å². The van der Waals surface area contributed by atoms with Gasteiger partial charge in [0.15, 0.2) is 11.5 Å². The van der Waals surface area contributed by atoms with Crippen LogP contribution in [0, 0.1) is 5.92 Å². The molecule has 1 atom stereocenters. The zero-order valence-electron chi connectivity index (χ0n) is 17.7. The highest BCUT2D eigenvalue weighted by atomic mass is 35.5. The Kier molecular flexibility index (Phi) is 10.0. The Balaban J connectivity index is 0.00000392. The second kappa shape index (κ2) is 11.2. The van der Waals surface area contributed by atoms with E-state index in [-0.39, 0.29) is 12.4 Å². The van der Waals surface area contributed by atoms with Crippen molar-refractivity contribution in [1.29, 1.82) is 0 Å². The Bertz CT molecular complexity index is 706. The largest absolute Gasteiger partial charge is 0.493 e. The molecule has 28 heavy (non-hydrogen) atoms. The van der Waals surface area contributed by atoms with Crippen LogP contribution in [-0.2, 0) is 16.4 Å². The minimum absolute atomic E-state index is 0. The van der Waals surface area contributed by atoms with Crippen molar-refractivity contribution in [2.45, 2.75) is 39.2 Å². The Morgan fingerprint density at radius 2 is 1.79 bits per heavy atom. The van der Waals surface area contributed by atoms with Gasteiger partial charge in [-0.3, -0.25) is 0 Å². The first-order valence-electron chi connectivity index (χ1n) is 9.68. The monoisotopic (exact) mass is 434 g/mol. The molecule has 0 spiro atoms. The first-order valence-corrected chi connectivity index (χ1v) is 11.5. The molecule has 0 aromatic heterocycles. The molecular weight excluding hydrogens is 400 g/mol. The fraction of sp³-hybridized carbons (Fsp3) is 0.700. The van der Waals surface area contributed by atoms with E-state index < -0.39 is 10.0 Å². The molecule has 0 radical (unpaired) electrons. The predicted molar refractivity (Wildman–Crippen MR) is 116 cm³/mol. The van der Waals surface area contributed by atoms with E-state index in [0.717, 1.165) is 43.9 Å². The summed E-state index contributed by atoms with van der Waals surface area (Å²) in [4.78, 5) is 2.50. The standard InChI is InChI=1S/C20H34N2O4S.ClH/c1-6-21(15-17-9-11-22(12-10-17)27(5,23)24)16(2)13-18-7-8-19(25-3)20(14-18)26-4;/h7-8,14,16-17H,6,9-13,15H2,1-5H3;1H. The van der Waals surface area contributed by atoms with Gasteiger partial charge in [0.2, 0.25) is 10.0 Å². The molecular formula is C20H35ClN2O4S. The molecule has 2 rings (SSSR count). The van der Waals surface area contributed by atoms with Crippen LogP contribution in [-0.4, -0.2) is 70.3 Å². The van der Waals surface area contributed by atoms with E-state index in [2.05, 4.69) is 24.8 Å². The number of hydrogen-bond donors (Lipinski definition) is 0. The van der Waals surface area contributed by atoms with Gasteiger partial charge in [0, 0.05) is 25.7 Å². The van der Waals surface area contributed by atoms with Gasteiger partial charge >= 0.3 is 0 Å². The molecule has 1 unspecified atom stereocenters. The van der Waals surface area contributed by atoms with Crippen LogP contribution in [0.4, 0.5) is 0 Å². The fourth-order valence-corrected chi connectivity index (χ4v) is 4.73. The van der Waals surface area contributed by atoms with Crippen LogP contribution < -0.4 is 9.47 Å². The number of rotatable bonds is 9. The van der Waals surface area contributed by atoms with Crippen LogP contribution in [0.2, 0.25) is 0 Å². The zero-order chi connectivity index (χ0) is 20.0. The van der Waals surface area contributed by atoms with Gasteiger partial charge in [-0.25, -0.2) is 12.7 Å². The van der Waals surface area contributed by atoms with E-state index in [1.54, 1.807) is 18.5 Å². The smallest absolute Gasteiger partial charge is 0.211 e. The van der Waals surface area contributed by atoms with E-state index in [1.165, 1.54) is 11.8 Å². The van der Waals surface area contributed by atoms with Crippen LogP contribution in [0.25, 0.3) is 0 Å². The van der Waals surface area contributed by atoms with Gasteiger partial charge in [-0.05, 0) is 56.3 Å². The topological polar surface area (TPSA) is 59.1 Å². The molecule has 0 N–H and O–H groups in total. The van der Waals surface area contributed by atoms with Crippen LogP contribution in [0.1, 0.15) is 32.3 Å². The van der Waals surface area contributed by atoms with E-state index in [1.807, 2.05) is 12.1 Å². The fourth-order valence-electron chi connectivity index (χ4n) is 3.85. The lowest BCUT2D eigenvalue weighted by Gasteiger charge is -2.36. The van der Waals surface area contributed by atoms with E-state index in [9.17, 15) is 8.42 Å². The summed E-state index contributed by atoms with van der Waals surface area (Å²) in [6, 6.07) is 6.50.